The molecule has 0 bridgehead atoms. The summed E-state index contributed by atoms with van der Waals surface area (Å²) in [4.78, 5) is 34.0. The van der Waals surface area contributed by atoms with E-state index in [0.717, 1.165) is 0 Å². The summed E-state index contributed by atoms with van der Waals surface area (Å²) in [7, 11) is 0. The third-order valence-electron chi connectivity index (χ3n) is 2.76. The number of esters is 1. The lowest BCUT2D eigenvalue weighted by atomic mass is 9.77. The molecule has 0 amide bonds. The normalized spacial score (nSPS) is 10.9. The van der Waals surface area contributed by atoms with Crippen LogP contribution in [0.4, 0.5) is 0 Å². The van der Waals surface area contributed by atoms with E-state index in [2.05, 4.69) is 4.74 Å². The average Bonchev–Trinajstić information content (AvgIpc) is 2.19. The Labute approximate surface area is 94.8 Å². The first-order chi connectivity index (χ1) is 7.44. The van der Waals surface area contributed by atoms with E-state index in [1.165, 1.54) is 0 Å². The Bertz CT molecular complexity index is 278. The number of rotatable bonds is 7. The maximum Gasteiger partial charge on any atom is 0.317 e. The molecule has 1 N–H and O–H groups in total. The highest BCUT2D eigenvalue weighted by Crippen LogP contribution is 2.29. The summed E-state index contributed by atoms with van der Waals surface area (Å²) in [6.45, 7) is 5.07. The summed E-state index contributed by atoms with van der Waals surface area (Å²) in [5.74, 6) is -2.42. The van der Waals surface area contributed by atoms with Gasteiger partial charge in [-0.05, 0) is 19.8 Å². The Morgan fingerprint density at radius 3 is 1.94 bits per heavy atom. The van der Waals surface area contributed by atoms with E-state index < -0.39 is 29.6 Å². The first kappa shape index (κ1) is 14.6. The molecule has 5 heteroatoms. The van der Waals surface area contributed by atoms with Crippen molar-refractivity contribution >= 4 is 17.7 Å². The van der Waals surface area contributed by atoms with Gasteiger partial charge in [0.25, 0.3) is 0 Å². The number of carboxylic acids is 1. The molecule has 0 fully saturated rings. The summed E-state index contributed by atoms with van der Waals surface area (Å²) in [6, 6.07) is 0. The predicted molar refractivity (Wildman–Crippen MR) is 56.9 cm³/mol. The van der Waals surface area contributed by atoms with Crippen LogP contribution in [0.3, 0.4) is 0 Å². The number of Topliss-reactive ketones (excluding diaryl/α,β-unsaturated/α-hetero) is 1. The fourth-order valence-electron chi connectivity index (χ4n) is 1.58. The molecule has 0 spiro atoms. The Morgan fingerprint density at radius 2 is 1.62 bits per heavy atom. The number of carboxylic acid groups (broad SMARTS) is 1. The first-order valence-electron chi connectivity index (χ1n) is 5.36. The molecule has 0 aliphatic carbocycles. The van der Waals surface area contributed by atoms with Crippen molar-refractivity contribution < 1.29 is 24.2 Å². The molecule has 0 saturated heterocycles. The number of ether oxygens (including phenoxy) is 1. The van der Waals surface area contributed by atoms with E-state index in [1.807, 2.05) is 0 Å². The zero-order valence-corrected chi connectivity index (χ0v) is 9.91. The molecule has 0 saturated carbocycles. The van der Waals surface area contributed by atoms with Crippen molar-refractivity contribution in [2.24, 2.45) is 5.41 Å². The molecule has 0 aromatic heterocycles. The number of carbonyl (C=O) groups excluding carboxylic acids is 2. The first-order valence-corrected chi connectivity index (χ1v) is 5.36. The van der Waals surface area contributed by atoms with Crippen LogP contribution >= 0.6 is 0 Å². The number of aliphatic carboxylic acids is 1. The van der Waals surface area contributed by atoms with Crippen molar-refractivity contribution in [1.82, 2.24) is 0 Å². The van der Waals surface area contributed by atoms with E-state index in [-0.39, 0.29) is 19.4 Å². The molecule has 0 rings (SSSR count). The molecule has 0 aliphatic rings. The van der Waals surface area contributed by atoms with Gasteiger partial charge in [-0.1, -0.05) is 13.8 Å². The standard InChI is InChI=1S/C11H18O5/c1-4-11(5-2,10(14)15)8(12)7-9(13)16-6-3/h4-7H2,1-3H3,(H,14,15). The lowest BCUT2D eigenvalue weighted by molar-refractivity contribution is -0.157. The molecule has 0 radical (unpaired) electrons. The molecular formula is C11H18O5. The van der Waals surface area contributed by atoms with Crippen molar-refractivity contribution in [2.75, 3.05) is 6.61 Å². The third-order valence-corrected chi connectivity index (χ3v) is 2.76. The second-order valence-corrected chi connectivity index (χ2v) is 3.50. The van der Waals surface area contributed by atoms with Gasteiger partial charge in [-0.3, -0.25) is 14.4 Å². The molecule has 0 aromatic rings. The van der Waals surface area contributed by atoms with Gasteiger partial charge in [0.1, 0.15) is 11.8 Å². The van der Waals surface area contributed by atoms with Crippen molar-refractivity contribution in [3.05, 3.63) is 0 Å². The molecule has 0 heterocycles. The maximum atomic E-state index is 11.8. The second-order valence-electron chi connectivity index (χ2n) is 3.50. The van der Waals surface area contributed by atoms with Crippen LogP contribution in [0.25, 0.3) is 0 Å². The van der Waals surface area contributed by atoms with Gasteiger partial charge in [0, 0.05) is 0 Å². The van der Waals surface area contributed by atoms with Crippen molar-refractivity contribution in [1.29, 1.82) is 0 Å². The molecule has 0 atom stereocenters. The van der Waals surface area contributed by atoms with Gasteiger partial charge < -0.3 is 9.84 Å². The highest BCUT2D eigenvalue weighted by Gasteiger charge is 2.43. The van der Waals surface area contributed by atoms with Gasteiger partial charge in [0.05, 0.1) is 6.61 Å². The molecule has 92 valence electrons. The second kappa shape index (κ2) is 6.25. The van der Waals surface area contributed by atoms with Crippen LogP contribution in [0.5, 0.6) is 0 Å². The minimum absolute atomic E-state index is 0.178. The lowest BCUT2D eigenvalue weighted by Crippen LogP contribution is -2.39. The van der Waals surface area contributed by atoms with Gasteiger partial charge in [0.2, 0.25) is 0 Å². The topological polar surface area (TPSA) is 80.7 Å². The number of hydrogen-bond acceptors (Lipinski definition) is 4. The van der Waals surface area contributed by atoms with Gasteiger partial charge in [-0.25, -0.2) is 0 Å². The van der Waals surface area contributed by atoms with E-state index in [1.54, 1.807) is 20.8 Å². The maximum absolute atomic E-state index is 11.8. The zero-order valence-electron chi connectivity index (χ0n) is 9.91. The molecule has 16 heavy (non-hydrogen) atoms. The highest BCUT2D eigenvalue weighted by molar-refractivity contribution is 6.09. The molecule has 5 nitrogen and oxygen atoms in total. The van der Waals surface area contributed by atoms with Crippen LogP contribution in [0.15, 0.2) is 0 Å². The van der Waals surface area contributed by atoms with Gasteiger partial charge in [0.15, 0.2) is 5.78 Å². The molecular weight excluding hydrogens is 212 g/mol. The van der Waals surface area contributed by atoms with E-state index >= 15 is 0 Å². The van der Waals surface area contributed by atoms with Gasteiger partial charge >= 0.3 is 11.9 Å². The van der Waals surface area contributed by atoms with Gasteiger partial charge in [-0.2, -0.15) is 0 Å². The zero-order chi connectivity index (χ0) is 12.8. The average molecular weight is 230 g/mol. The molecule has 0 unspecified atom stereocenters. The fraction of sp³-hybridized carbons (Fsp3) is 0.727. The summed E-state index contributed by atoms with van der Waals surface area (Å²) in [5.41, 5.74) is -1.45. The van der Waals surface area contributed by atoms with E-state index in [9.17, 15) is 14.4 Å². The third kappa shape index (κ3) is 3.05. The fourth-order valence-corrected chi connectivity index (χ4v) is 1.58. The predicted octanol–water partition coefficient (Wildman–Crippen LogP) is 1.40. The van der Waals surface area contributed by atoms with Crippen molar-refractivity contribution in [2.45, 2.75) is 40.0 Å². The quantitative estimate of drug-likeness (QED) is 0.528. The summed E-state index contributed by atoms with van der Waals surface area (Å²) in [5, 5.41) is 9.06. The van der Waals surface area contributed by atoms with Crippen molar-refractivity contribution in [3.63, 3.8) is 0 Å². The minimum Gasteiger partial charge on any atom is -0.480 e. The summed E-state index contributed by atoms with van der Waals surface area (Å²) in [6.07, 6.45) is -0.115. The Morgan fingerprint density at radius 1 is 1.12 bits per heavy atom. The van der Waals surface area contributed by atoms with Crippen molar-refractivity contribution in [3.8, 4) is 0 Å². The lowest BCUT2D eigenvalue weighted by Gasteiger charge is -2.24. The van der Waals surface area contributed by atoms with Crippen LogP contribution < -0.4 is 0 Å². The number of ketones is 1. The monoisotopic (exact) mass is 230 g/mol. The van der Waals surface area contributed by atoms with Crippen LogP contribution in [-0.4, -0.2) is 29.4 Å². The van der Waals surface area contributed by atoms with E-state index in [0.29, 0.717) is 0 Å². The summed E-state index contributed by atoms with van der Waals surface area (Å²) < 4.78 is 4.62. The van der Waals surface area contributed by atoms with Crippen LogP contribution in [0.2, 0.25) is 0 Å². The van der Waals surface area contributed by atoms with Crippen LogP contribution in [0, 0.1) is 5.41 Å². The van der Waals surface area contributed by atoms with Crippen LogP contribution in [-0.2, 0) is 19.1 Å². The Kier molecular flexibility index (Phi) is 5.71. The molecule has 0 aromatic carbocycles. The SMILES string of the molecule is CCOC(=O)CC(=O)C(CC)(CC)C(=O)O. The van der Waals surface area contributed by atoms with Crippen LogP contribution in [0.1, 0.15) is 40.0 Å². The van der Waals surface area contributed by atoms with Gasteiger partial charge in [-0.15, -0.1) is 0 Å². The minimum atomic E-state index is -1.45. The number of carbonyl (C=O) groups is 3. The smallest absolute Gasteiger partial charge is 0.317 e. The Hall–Kier alpha value is -1.39. The molecule has 0 aliphatic heterocycles. The largest absolute Gasteiger partial charge is 0.480 e. The highest BCUT2D eigenvalue weighted by atomic mass is 16.5. The summed E-state index contributed by atoms with van der Waals surface area (Å²) >= 11 is 0. The van der Waals surface area contributed by atoms with E-state index in [4.69, 9.17) is 5.11 Å². The number of hydrogen-bond donors (Lipinski definition) is 1. The Balaban J connectivity index is 4.76.